The fourth-order valence-corrected chi connectivity index (χ4v) is 2.61. The number of ketones is 1. The molecule has 0 radical (unpaired) electrons. The number of hydrogen-bond donors (Lipinski definition) is 0. The Labute approximate surface area is 163 Å². The molecular formula is C22H22O6. The van der Waals surface area contributed by atoms with Crippen LogP contribution in [0.3, 0.4) is 0 Å². The fourth-order valence-electron chi connectivity index (χ4n) is 2.61. The van der Waals surface area contributed by atoms with Crippen LogP contribution in [0.15, 0.2) is 60.0 Å². The van der Waals surface area contributed by atoms with Crippen LogP contribution in [0.25, 0.3) is 12.2 Å². The average molecular weight is 382 g/mol. The Kier molecular flexibility index (Phi) is 5.70. The normalized spacial score (nSPS) is 21.9. The largest absolute Gasteiger partial charge is 0.497 e. The SMILES string of the molecule is COc1ccc(/C=C2\OC(C)(OC)O/C(=C\c3ccc(OC)cc3)C2=O)cc1. The van der Waals surface area contributed by atoms with E-state index in [9.17, 15) is 4.79 Å². The Balaban J connectivity index is 1.95. The van der Waals surface area contributed by atoms with Gasteiger partial charge in [0.2, 0.25) is 0 Å². The van der Waals surface area contributed by atoms with E-state index >= 15 is 0 Å². The van der Waals surface area contributed by atoms with Gasteiger partial charge in [-0.25, -0.2) is 0 Å². The van der Waals surface area contributed by atoms with Gasteiger partial charge in [-0.1, -0.05) is 24.3 Å². The third-order valence-electron chi connectivity index (χ3n) is 4.24. The number of hydrogen-bond acceptors (Lipinski definition) is 6. The predicted octanol–water partition coefficient (Wildman–Crippen LogP) is 4.02. The van der Waals surface area contributed by atoms with Crippen LogP contribution in [0.4, 0.5) is 0 Å². The fraction of sp³-hybridized carbons (Fsp3) is 0.227. The Hall–Kier alpha value is -3.25. The first kappa shape index (κ1) is 19.5. The molecule has 28 heavy (non-hydrogen) atoms. The molecule has 0 atom stereocenters. The molecule has 0 saturated carbocycles. The highest BCUT2D eigenvalue weighted by atomic mass is 16.9. The quantitative estimate of drug-likeness (QED) is 0.728. The van der Waals surface area contributed by atoms with Crippen molar-refractivity contribution in [2.24, 2.45) is 0 Å². The highest BCUT2D eigenvalue weighted by Gasteiger charge is 2.40. The second kappa shape index (κ2) is 8.19. The lowest BCUT2D eigenvalue weighted by Gasteiger charge is -2.34. The Bertz CT molecular complexity index is 824. The van der Waals surface area contributed by atoms with Crippen molar-refractivity contribution in [2.75, 3.05) is 21.3 Å². The third kappa shape index (κ3) is 4.35. The first-order valence-corrected chi connectivity index (χ1v) is 8.66. The van der Waals surface area contributed by atoms with Crippen molar-refractivity contribution in [2.45, 2.75) is 12.9 Å². The van der Waals surface area contributed by atoms with Gasteiger partial charge in [0.05, 0.1) is 14.2 Å². The summed E-state index contributed by atoms with van der Waals surface area (Å²) in [7, 11) is 4.64. The average Bonchev–Trinajstić information content (AvgIpc) is 2.72. The number of benzene rings is 2. The zero-order valence-electron chi connectivity index (χ0n) is 16.2. The molecule has 1 heterocycles. The van der Waals surface area contributed by atoms with Gasteiger partial charge in [0, 0.05) is 14.0 Å². The van der Waals surface area contributed by atoms with Crippen molar-refractivity contribution < 1.29 is 28.5 Å². The van der Waals surface area contributed by atoms with E-state index in [1.54, 1.807) is 57.6 Å². The van der Waals surface area contributed by atoms with E-state index in [-0.39, 0.29) is 17.3 Å². The van der Waals surface area contributed by atoms with Gasteiger partial charge in [-0.05, 0) is 47.5 Å². The highest BCUT2D eigenvalue weighted by molar-refractivity contribution is 6.11. The van der Waals surface area contributed by atoms with Gasteiger partial charge >= 0.3 is 5.97 Å². The third-order valence-corrected chi connectivity index (χ3v) is 4.24. The summed E-state index contributed by atoms with van der Waals surface area (Å²) in [5.41, 5.74) is 1.57. The van der Waals surface area contributed by atoms with Crippen LogP contribution in [0.1, 0.15) is 18.1 Å². The maximum atomic E-state index is 12.9. The van der Waals surface area contributed by atoms with E-state index in [4.69, 9.17) is 23.7 Å². The lowest BCUT2D eigenvalue weighted by Crippen LogP contribution is -2.41. The monoisotopic (exact) mass is 382 g/mol. The smallest absolute Gasteiger partial charge is 0.368 e. The van der Waals surface area contributed by atoms with E-state index < -0.39 is 5.97 Å². The summed E-state index contributed by atoms with van der Waals surface area (Å²) in [6.07, 6.45) is 3.28. The van der Waals surface area contributed by atoms with Crippen LogP contribution in [0.2, 0.25) is 0 Å². The minimum Gasteiger partial charge on any atom is -0.497 e. The van der Waals surface area contributed by atoms with Crippen LogP contribution in [0, 0.1) is 0 Å². The molecule has 2 aromatic rings. The summed E-state index contributed by atoms with van der Waals surface area (Å²) in [5.74, 6) is -0.0848. The van der Waals surface area contributed by atoms with E-state index in [1.165, 1.54) is 7.11 Å². The summed E-state index contributed by atoms with van der Waals surface area (Å²) in [5, 5.41) is 0. The molecule has 6 nitrogen and oxygen atoms in total. The van der Waals surface area contributed by atoms with Crippen LogP contribution in [-0.4, -0.2) is 33.1 Å². The molecule has 146 valence electrons. The molecule has 1 fully saturated rings. The second-order valence-corrected chi connectivity index (χ2v) is 6.16. The number of carbonyl (C=O) groups excluding carboxylic acids is 1. The number of methoxy groups -OCH3 is 3. The number of carbonyl (C=O) groups is 1. The van der Waals surface area contributed by atoms with Crippen molar-refractivity contribution in [1.29, 1.82) is 0 Å². The van der Waals surface area contributed by atoms with Crippen molar-refractivity contribution >= 4 is 17.9 Å². The van der Waals surface area contributed by atoms with E-state index in [2.05, 4.69) is 0 Å². The molecule has 6 heteroatoms. The summed E-state index contributed by atoms with van der Waals surface area (Å²) < 4.78 is 27.0. The molecule has 1 saturated heterocycles. The van der Waals surface area contributed by atoms with Gasteiger partial charge in [0.1, 0.15) is 11.5 Å². The van der Waals surface area contributed by atoms with Crippen molar-refractivity contribution in [3.05, 3.63) is 71.2 Å². The molecule has 0 amide bonds. The van der Waals surface area contributed by atoms with E-state index in [0.717, 1.165) is 22.6 Å². The molecule has 0 aliphatic carbocycles. The van der Waals surface area contributed by atoms with Crippen LogP contribution < -0.4 is 9.47 Å². The van der Waals surface area contributed by atoms with Gasteiger partial charge in [0.25, 0.3) is 5.78 Å². The molecule has 0 N–H and O–H groups in total. The summed E-state index contributed by atoms with van der Waals surface area (Å²) in [6, 6.07) is 14.5. The minimum atomic E-state index is -1.41. The van der Waals surface area contributed by atoms with Gasteiger partial charge in [-0.2, -0.15) is 0 Å². The van der Waals surface area contributed by atoms with Gasteiger partial charge in [0.15, 0.2) is 11.5 Å². The zero-order chi connectivity index (χ0) is 20.1. The molecule has 2 aromatic carbocycles. The van der Waals surface area contributed by atoms with Gasteiger partial charge in [-0.3, -0.25) is 4.79 Å². The zero-order valence-corrected chi connectivity index (χ0v) is 16.2. The molecule has 0 spiro atoms. The predicted molar refractivity (Wildman–Crippen MR) is 105 cm³/mol. The van der Waals surface area contributed by atoms with Crippen LogP contribution >= 0.6 is 0 Å². The number of Topliss-reactive ketones (excluding diaryl/α,β-unsaturated/α-hetero) is 1. The van der Waals surface area contributed by atoms with E-state index in [0.29, 0.717) is 0 Å². The standard InChI is InChI=1S/C22H22O6/c1-22(26-4)27-19(13-15-5-9-17(24-2)10-6-15)21(23)20(28-22)14-16-7-11-18(25-3)12-8-16/h5-14H,1-4H3/b19-13-,20-14-. The minimum absolute atomic E-state index is 0.125. The van der Waals surface area contributed by atoms with Crippen LogP contribution in [-0.2, 0) is 19.0 Å². The summed E-state index contributed by atoms with van der Waals surface area (Å²) in [6.45, 7) is 1.60. The second-order valence-electron chi connectivity index (χ2n) is 6.16. The Morgan fingerprint density at radius 2 is 1.14 bits per heavy atom. The summed E-state index contributed by atoms with van der Waals surface area (Å²) >= 11 is 0. The molecule has 3 rings (SSSR count). The van der Waals surface area contributed by atoms with Crippen molar-refractivity contribution in [1.82, 2.24) is 0 Å². The topological polar surface area (TPSA) is 63.2 Å². The lowest BCUT2D eigenvalue weighted by atomic mass is 10.1. The van der Waals surface area contributed by atoms with Crippen LogP contribution in [0.5, 0.6) is 11.5 Å². The maximum absolute atomic E-state index is 12.9. The lowest BCUT2D eigenvalue weighted by molar-refractivity contribution is -0.334. The van der Waals surface area contributed by atoms with E-state index in [1.807, 2.05) is 24.3 Å². The maximum Gasteiger partial charge on any atom is 0.368 e. The first-order valence-electron chi connectivity index (χ1n) is 8.66. The van der Waals surface area contributed by atoms with Crippen molar-refractivity contribution in [3.8, 4) is 11.5 Å². The van der Waals surface area contributed by atoms with Crippen molar-refractivity contribution in [3.63, 3.8) is 0 Å². The molecular weight excluding hydrogens is 360 g/mol. The Morgan fingerprint density at radius 1 is 0.750 bits per heavy atom. The summed E-state index contributed by atoms with van der Waals surface area (Å²) in [4.78, 5) is 12.9. The molecule has 0 unspecified atom stereocenters. The molecule has 0 aromatic heterocycles. The van der Waals surface area contributed by atoms with Gasteiger partial charge < -0.3 is 23.7 Å². The molecule has 1 aliphatic heterocycles. The molecule has 1 aliphatic rings. The van der Waals surface area contributed by atoms with Gasteiger partial charge in [-0.15, -0.1) is 0 Å². The highest BCUT2D eigenvalue weighted by Crippen LogP contribution is 2.32. The first-order chi connectivity index (χ1) is 13.5. The molecule has 0 bridgehead atoms. The Morgan fingerprint density at radius 3 is 1.46 bits per heavy atom. The number of ether oxygens (including phenoxy) is 5. The number of rotatable bonds is 5.